The van der Waals surface area contributed by atoms with Crippen molar-refractivity contribution in [3.05, 3.63) is 53.9 Å². The number of imidazole rings is 1. The number of nitrogens with zero attached hydrogens (tertiary/aromatic N) is 3. The maximum absolute atomic E-state index is 12.6. The van der Waals surface area contributed by atoms with Gasteiger partial charge in [-0.1, -0.05) is 12.1 Å². The summed E-state index contributed by atoms with van der Waals surface area (Å²) in [5.74, 6) is -0.868. The van der Waals surface area contributed by atoms with Gasteiger partial charge in [-0.05, 0) is 50.5 Å². The summed E-state index contributed by atoms with van der Waals surface area (Å²) in [6.45, 7) is 5.00. The number of aromatic nitrogens is 2. The summed E-state index contributed by atoms with van der Waals surface area (Å²) in [7, 11) is 2.64. The van der Waals surface area contributed by atoms with E-state index in [1.807, 2.05) is 50.4 Å². The zero-order valence-electron chi connectivity index (χ0n) is 22.9. The van der Waals surface area contributed by atoms with Gasteiger partial charge in [0.05, 0.1) is 30.9 Å². The maximum atomic E-state index is 12.6. The molecule has 12 heteroatoms. The van der Waals surface area contributed by atoms with Crippen molar-refractivity contribution < 1.29 is 37.0 Å². The number of hydrogen-bond donors (Lipinski definition) is 1. The second-order valence-electron chi connectivity index (χ2n) is 10.2. The molecule has 3 aromatic rings. The van der Waals surface area contributed by atoms with Gasteiger partial charge in [0.2, 0.25) is 0 Å². The lowest BCUT2D eigenvalue weighted by atomic mass is 9.99. The van der Waals surface area contributed by atoms with Gasteiger partial charge in [-0.25, -0.2) is 9.78 Å². The van der Waals surface area contributed by atoms with Crippen LogP contribution < -0.4 is 14.8 Å². The molecule has 0 fully saturated rings. The van der Waals surface area contributed by atoms with Crippen molar-refractivity contribution in [2.75, 3.05) is 33.9 Å². The molecule has 0 atom stereocenters. The topological polar surface area (TPSA) is 94.9 Å². The van der Waals surface area contributed by atoms with Gasteiger partial charge in [0.1, 0.15) is 35.5 Å². The average molecular weight is 561 g/mol. The van der Waals surface area contributed by atoms with E-state index in [1.165, 1.54) is 26.4 Å². The van der Waals surface area contributed by atoms with Crippen LogP contribution in [-0.2, 0) is 4.74 Å². The molecule has 0 saturated heterocycles. The second kappa shape index (κ2) is 11.1. The first kappa shape index (κ1) is 28.8. The Labute approximate surface area is 229 Å². The standard InChI is InChI=1S/C28H31F3N4O5/c1-27(2,3)40-26(37)34-10-8-17(9-11-34)18-6-7-21-20(12-18)33-16-35(21)19-13-22(38-4)24(23(14-19)39-5)25(36)32-15-28(29,30)31/h6-8,12-14,16H,9-11,15H2,1-5H3,(H,32,36). The number of amides is 2. The van der Waals surface area contributed by atoms with Crippen molar-refractivity contribution in [1.82, 2.24) is 19.8 Å². The molecule has 1 aliphatic heterocycles. The normalized spacial score (nSPS) is 14.1. The Morgan fingerprint density at radius 2 is 1.73 bits per heavy atom. The van der Waals surface area contributed by atoms with Crippen LogP contribution in [-0.4, -0.2) is 72.1 Å². The Kier molecular flexibility index (Phi) is 7.99. The molecule has 1 aliphatic rings. The molecule has 9 nitrogen and oxygen atoms in total. The number of ether oxygens (including phenoxy) is 3. The molecule has 1 aromatic heterocycles. The van der Waals surface area contributed by atoms with Gasteiger partial charge in [0, 0.05) is 25.2 Å². The van der Waals surface area contributed by atoms with E-state index in [2.05, 4.69) is 4.98 Å². The van der Waals surface area contributed by atoms with E-state index < -0.39 is 24.2 Å². The Morgan fingerprint density at radius 1 is 1.05 bits per heavy atom. The lowest BCUT2D eigenvalue weighted by molar-refractivity contribution is -0.123. The number of nitrogens with one attached hydrogen (secondary N) is 1. The summed E-state index contributed by atoms with van der Waals surface area (Å²) < 4.78 is 55.8. The highest BCUT2D eigenvalue weighted by molar-refractivity contribution is 6.00. The molecule has 0 aliphatic carbocycles. The fraction of sp³-hybridized carbons (Fsp3) is 0.393. The minimum atomic E-state index is -4.56. The quantitative estimate of drug-likeness (QED) is 0.436. The first-order valence-electron chi connectivity index (χ1n) is 12.6. The van der Waals surface area contributed by atoms with E-state index in [4.69, 9.17) is 14.2 Å². The highest BCUT2D eigenvalue weighted by atomic mass is 19.4. The molecular formula is C28H31F3N4O5. The van der Waals surface area contributed by atoms with E-state index >= 15 is 0 Å². The summed E-state index contributed by atoms with van der Waals surface area (Å²) in [4.78, 5) is 31.1. The number of halogens is 3. The average Bonchev–Trinajstić information content (AvgIpc) is 3.33. The number of carbonyl (C=O) groups is 2. The van der Waals surface area contributed by atoms with Gasteiger partial charge in [0.25, 0.3) is 5.91 Å². The molecule has 2 heterocycles. The summed E-state index contributed by atoms with van der Waals surface area (Å²) in [5.41, 5.74) is 3.38. The molecule has 0 spiro atoms. The summed E-state index contributed by atoms with van der Waals surface area (Å²) in [6, 6.07) is 8.89. The third-order valence-corrected chi connectivity index (χ3v) is 6.22. The van der Waals surface area contributed by atoms with Crippen molar-refractivity contribution in [2.24, 2.45) is 0 Å². The molecule has 0 saturated carbocycles. The lowest BCUT2D eigenvalue weighted by Gasteiger charge is -2.29. The monoisotopic (exact) mass is 560 g/mol. The lowest BCUT2D eigenvalue weighted by Crippen LogP contribution is -2.39. The number of benzene rings is 2. The molecule has 0 unspecified atom stereocenters. The van der Waals surface area contributed by atoms with Crippen LogP contribution in [0.25, 0.3) is 22.3 Å². The smallest absolute Gasteiger partial charge is 0.410 e. The van der Waals surface area contributed by atoms with Crippen molar-refractivity contribution in [2.45, 2.75) is 39.0 Å². The van der Waals surface area contributed by atoms with Gasteiger partial charge in [-0.15, -0.1) is 0 Å². The van der Waals surface area contributed by atoms with Gasteiger partial charge < -0.3 is 24.4 Å². The van der Waals surface area contributed by atoms with Gasteiger partial charge in [-0.2, -0.15) is 13.2 Å². The first-order chi connectivity index (χ1) is 18.8. The fourth-order valence-corrected chi connectivity index (χ4v) is 4.37. The Bertz CT molecular complexity index is 1430. The second-order valence-corrected chi connectivity index (χ2v) is 10.2. The summed E-state index contributed by atoms with van der Waals surface area (Å²) >= 11 is 0. The third-order valence-electron chi connectivity index (χ3n) is 6.22. The Morgan fingerprint density at radius 3 is 2.27 bits per heavy atom. The van der Waals surface area contributed by atoms with E-state index in [0.717, 1.165) is 16.7 Å². The first-order valence-corrected chi connectivity index (χ1v) is 12.6. The molecule has 4 rings (SSSR count). The van der Waals surface area contributed by atoms with E-state index in [9.17, 15) is 22.8 Å². The molecule has 1 N–H and O–H groups in total. The van der Waals surface area contributed by atoms with Crippen LogP contribution in [0.3, 0.4) is 0 Å². The minimum absolute atomic E-state index is 0.0504. The van der Waals surface area contributed by atoms with Gasteiger partial charge in [0.15, 0.2) is 0 Å². The number of methoxy groups -OCH3 is 2. The predicted molar refractivity (Wildman–Crippen MR) is 143 cm³/mol. The molecule has 40 heavy (non-hydrogen) atoms. The zero-order valence-corrected chi connectivity index (χ0v) is 22.9. The van der Waals surface area contributed by atoms with Crippen molar-refractivity contribution in [3.63, 3.8) is 0 Å². The van der Waals surface area contributed by atoms with Crippen LogP contribution in [0, 0.1) is 0 Å². The predicted octanol–water partition coefficient (Wildman–Crippen LogP) is 5.36. The van der Waals surface area contributed by atoms with Crippen LogP contribution in [0.5, 0.6) is 11.5 Å². The van der Waals surface area contributed by atoms with Crippen molar-refractivity contribution in [3.8, 4) is 17.2 Å². The number of carbonyl (C=O) groups excluding carboxylic acids is 2. The van der Waals surface area contributed by atoms with Crippen LogP contribution >= 0.6 is 0 Å². The van der Waals surface area contributed by atoms with E-state index in [1.54, 1.807) is 15.8 Å². The fourth-order valence-electron chi connectivity index (χ4n) is 4.37. The minimum Gasteiger partial charge on any atom is -0.496 e. The Balaban J connectivity index is 1.59. The number of fused-ring (bicyclic) bond motifs is 1. The number of rotatable bonds is 6. The SMILES string of the molecule is COc1cc(-n2cnc3cc(C4=CCN(C(=O)OC(C)(C)C)CC4)ccc32)cc(OC)c1C(=O)NCC(F)(F)F. The maximum Gasteiger partial charge on any atom is 0.410 e. The Hall–Kier alpha value is -4.22. The molecule has 2 aromatic carbocycles. The zero-order chi connectivity index (χ0) is 29.2. The number of alkyl halides is 3. The van der Waals surface area contributed by atoms with Crippen LogP contribution in [0.1, 0.15) is 43.1 Å². The summed E-state index contributed by atoms with van der Waals surface area (Å²) in [5, 5.41) is 1.85. The van der Waals surface area contributed by atoms with Crippen molar-refractivity contribution in [1.29, 1.82) is 0 Å². The number of hydrogen-bond acceptors (Lipinski definition) is 6. The molecule has 2 amide bonds. The highest BCUT2D eigenvalue weighted by Gasteiger charge is 2.30. The molecular weight excluding hydrogens is 529 g/mol. The summed E-state index contributed by atoms with van der Waals surface area (Å²) in [6.07, 6.45) is -0.630. The molecule has 0 bridgehead atoms. The molecule has 214 valence electrons. The molecule has 0 radical (unpaired) electrons. The van der Waals surface area contributed by atoms with Crippen LogP contribution in [0.4, 0.5) is 18.0 Å². The largest absolute Gasteiger partial charge is 0.496 e. The highest BCUT2D eigenvalue weighted by Crippen LogP contribution is 2.34. The van der Waals surface area contributed by atoms with Gasteiger partial charge in [-0.3, -0.25) is 9.36 Å². The van der Waals surface area contributed by atoms with E-state index in [-0.39, 0.29) is 23.2 Å². The van der Waals surface area contributed by atoms with E-state index in [0.29, 0.717) is 30.7 Å². The van der Waals surface area contributed by atoms with Crippen molar-refractivity contribution >= 4 is 28.6 Å². The van der Waals surface area contributed by atoms with Crippen LogP contribution in [0.15, 0.2) is 42.7 Å². The van der Waals surface area contributed by atoms with Gasteiger partial charge >= 0.3 is 12.3 Å². The third kappa shape index (κ3) is 6.49. The van der Waals surface area contributed by atoms with Crippen LogP contribution in [0.2, 0.25) is 0 Å².